The number of nitrogen functional groups attached to an aromatic ring is 1. The van der Waals surface area contributed by atoms with Crippen LogP contribution in [0.1, 0.15) is 11.4 Å². The van der Waals surface area contributed by atoms with Crippen molar-refractivity contribution in [3.8, 4) is 17.3 Å². The Labute approximate surface area is 148 Å². The van der Waals surface area contributed by atoms with Crippen molar-refractivity contribution in [1.29, 1.82) is 0 Å². The molecule has 0 saturated carbocycles. The van der Waals surface area contributed by atoms with Crippen LogP contribution in [-0.4, -0.2) is 29.8 Å². The lowest BCUT2D eigenvalue weighted by molar-refractivity contribution is 0.299. The van der Waals surface area contributed by atoms with Crippen molar-refractivity contribution in [1.82, 2.24) is 24.7 Å². The van der Waals surface area contributed by atoms with Gasteiger partial charge in [-0.3, -0.25) is 4.98 Å². The average Bonchev–Trinajstić information content (AvgIpc) is 3.14. The SMILES string of the molecule is Cc1cc2nc(N)c(OCc3nc(O)ccc3-n3cccn3)cc2cn1. The molecular weight excluding hydrogens is 332 g/mol. The van der Waals surface area contributed by atoms with E-state index in [0.717, 1.165) is 16.6 Å². The van der Waals surface area contributed by atoms with E-state index in [1.54, 1.807) is 41.5 Å². The minimum Gasteiger partial charge on any atom is -0.493 e. The molecule has 26 heavy (non-hydrogen) atoms. The molecule has 8 nitrogen and oxygen atoms in total. The van der Waals surface area contributed by atoms with Gasteiger partial charge in [0.25, 0.3) is 0 Å². The predicted molar refractivity (Wildman–Crippen MR) is 96.0 cm³/mol. The minimum atomic E-state index is -0.0937. The van der Waals surface area contributed by atoms with Crippen LogP contribution in [0.25, 0.3) is 16.6 Å². The second kappa shape index (κ2) is 6.32. The third-order valence-corrected chi connectivity index (χ3v) is 3.88. The van der Waals surface area contributed by atoms with E-state index in [2.05, 4.69) is 20.1 Å². The molecule has 0 bridgehead atoms. The molecule has 0 unspecified atom stereocenters. The number of aromatic nitrogens is 5. The van der Waals surface area contributed by atoms with E-state index in [-0.39, 0.29) is 18.3 Å². The van der Waals surface area contributed by atoms with Crippen molar-refractivity contribution in [2.24, 2.45) is 0 Å². The van der Waals surface area contributed by atoms with Crippen molar-refractivity contribution in [3.05, 3.63) is 60.3 Å². The maximum absolute atomic E-state index is 9.71. The highest BCUT2D eigenvalue weighted by Crippen LogP contribution is 2.26. The lowest BCUT2D eigenvalue weighted by Crippen LogP contribution is -2.07. The Balaban J connectivity index is 1.65. The Hall–Kier alpha value is -3.68. The van der Waals surface area contributed by atoms with Crippen LogP contribution in [0.5, 0.6) is 11.6 Å². The van der Waals surface area contributed by atoms with Gasteiger partial charge in [0.15, 0.2) is 11.6 Å². The first kappa shape index (κ1) is 15.8. The molecule has 0 fully saturated rings. The Kier molecular flexibility index (Phi) is 3.85. The topological polar surface area (TPSA) is 112 Å². The molecule has 0 spiro atoms. The molecule has 0 aromatic carbocycles. The lowest BCUT2D eigenvalue weighted by Gasteiger charge is -2.12. The zero-order valence-corrected chi connectivity index (χ0v) is 14.0. The van der Waals surface area contributed by atoms with Gasteiger partial charge < -0.3 is 15.6 Å². The number of fused-ring (bicyclic) bond motifs is 1. The normalized spacial score (nSPS) is 11.0. The summed E-state index contributed by atoms with van der Waals surface area (Å²) in [6.45, 7) is 1.99. The summed E-state index contributed by atoms with van der Waals surface area (Å²) in [5, 5.41) is 14.7. The summed E-state index contributed by atoms with van der Waals surface area (Å²) < 4.78 is 7.48. The van der Waals surface area contributed by atoms with E-state index in [4.69, 9.17) is 10.5 Å². The maximum atomic E-state index is 9.71. The van der Waals surface area contributed by atoms with Crippen molar-refractivity contribution in [2.45, 2.75) is 13.5 Å². The number of ether oxygens (including phenoxy) is 1. The minimum absolute atomic E-state index is 0.0937. The first-order chi connectivity index (χ1) is 12.6. The highest BCUT2D eigenvalue weighted by molar-refractivity contribution is 5.82. The monoisotopic (exact) mass is 348 g/mol. The second-order valence-electron chi connectivity index (χ2n) is 5.76. The van der Waals surface area contributed by atoms with Gasteiger partial charge in [-0.2, -0.15) is 5.10 Å². The average molecular weight is 348 g/mol. The fourth-order valence-electron chi connectivity index (χ4n) is 2.63. The van der Waals surface area contributed by atoms with Crippen LogP contribution in [0.15, 0.2) is 48.9 Å². The van der Waals surface area contributed by atoms with Crippen LogP contribution < -0.4 is 10.5 Å². The summed E-state index contributed by atoms with van der Waals surface area (Å²) in [7, 11) is 0. The van der Waals surface area contributed by atoms with E-state index in [0.29, 0.717) is 17.1 Å². The van der Waals surface area contributed by atoms with Gasteiger partial charge >= 0.3 is 0 Å². The second-order valence-corrected chi connectivity index (χ2v) is 5.76. The first-order valence-corrected chi connectivity index (χ1v) is 7.95. The van der Waals surface area contributed by atoms with Gasteiger partial charge in [-0.1, -0.05) is 0 Å². The number of aryl methyl sites for hydroxylation is 1. The number of hydrogen-bond acceptors (Lipinski definition) is 7. The molecule has 4 aromatic heterocycles. The van der Waals surface area contributed by atoms with Gasteiger partial charge in [-0.15, -0.1) is 0 Å². The van der Waals surface area contributed by atoms with E-state index in [1.807, 2.05) is 13.0 Å². The van der Waals surface area contributed by atoms with Crippen LogP contribution in [0.2, 0.25) is 0 Å². The smallest absolute Gasteiger partial charge is 0.211 e. The van der Waals surface area contributed by atoms with Gasteiger partial charge in [-0.05, 0) is 31.2 Å². The van der Waals surface area contributed by atoms with Crippen molar-refractivity contribution in [3.63, 3.8) is 0 Å². The molecule has 8 heteroatoms. The quantitative estimate of drug-likeness (QED) is 0.582. The molecule has 3 N–H and O–H groups in total. The number of nitrogens with two attached hydrogens (primary N) is 1. The highest BCUT2D eigenvalue weighted by atomic mass is 16.5. The zero-order valence-electron chi connectivity index (χ0n) is 14.0. The van der Waals surface area contributed by atoms with E-state index < -0.39 is 0 Å². The summed E-state index contributed by atoms with van der Waals surface area (Å²) in [5.74, 6) is 0.618. The summed E-state index contributed by atoms with van der Waals surface area (Å²) in [6.07, 6.45) is 5.18. The summed E-state index contributed by atoms with van der Waals surface area (Å²) in [4.78, 5) is 12.8. The van der Waals surface area contributed by atoms with Crippen LogP contribution in [-0.2, 0) is 6.61 Å². The molecule has 4 rings (SSSR count). The van der Waals surface area contributed by atoms with Crippen LogP contribution in [0.3, 0.4) is 0 Å². The fraction of sp³-hybridized carbons (Fsp3) is 0.111. The molecule has 0 radical (unpaired) electrons. The van der Waals surface area contributed by atoms with Crippen molar-refractivity contribution >= 4 is 16.7 Å². The number of rotatable bonds is 4. The van der Waals surface area contributed by atoms with Crippen molar-refractivity contribution in [2.75, 3.05) is 5.73 Å². The Bertz CT molecular complexity index is 1080. The summed E-state index contributed by atoms with van der Waals surface area (Å²) >= 11 is 0. The summed E-state index contributed by atoms with van der Waals surface area (Å²) in [6, 6.07) is 8.68. The lowest BCUT2D eigenvalue weighted by atomic mass is 10.2. The van der Waals surface area contributed by atoms with Gasteiger partial charge in [0.1, 0.15) is 12.3 Å². The molecule has 130 valence electrons. The molecule has 4 heterocycles. The molecule has 0 aliphatic rings. The molecule has 0 atom stereocenters. The highest BCUT2D eigenvalue weighted by Gasteiger charge is 2.12. The third-order valence-electron chi connectivity index (χ3n) is 3.88. The third kappa shape index (κ3) is 3.00. The van der Waals surface area contributed by atoms with Gasteiger partial charge in [0.2, 0.25) is 5.88 Å². The number of pyridine rings is 3. The Morgan fingerprint density at radius 2 is 2.12 bits per heavy atom. The van der Waals surface area contributed by atoms with Gasteiger partial charge in [-0.25, -0.2) is 14.6 Å². The molecular formula is C18H16N6O2. The van der Waals surface area contributed by atoms with Crippen LogP contribution in [0, 0.1) is 6.92 Å². The number of nitrogens with zero attached hydrogens (tertiary/aromatic N) is 5. The van der Waals surface area contributed by atoms with E-state index in [9.17, 15) is 5.11 Å². The predicted octanol–water partition coefficient (Wildman–Crippen LogP) is 2.39. The number of hydrogen-bond donors (Lipinski definition) is 2. The zero-order chi connectivity index (χ0) is 18.1. The van der Waals surface area contributed by atoms with Crippen molar-refractivity contribution < 1.29 is 9.84 Å². The van der Waals surface area contributed by atoms with Gasteiger partial charge in [0, 0.05) is 35.7 Å². The summed E-state index contributed by atoms with van der Waals surface area (Å²) in [5.41, 5.74) is 8.87. The largest absolute Gasteiger partial charge is 0.493 e. The Morgan fingerprint density at radius 1 is 1.23 bits per heavy atom. The maximum Gasteiger partial charge on any atom is 0.211 e. The number of anilines is 1. The molecule has 0 aliphatic carbocycles. The van der Waals surface area contributed by atoms with Gasteiger partial charge in [0.05, 0.1) is 11.2 Å². The van der Waals surface area contributed by atoms with Crippen LogP contribution >= 0.6 is 0 Å². The fourth-order valence-corrected chi connectivity index (χ4v) is 2.63. The van der Waals surface area contributed by atoms with E-state index in [1.165, 1.54) is 6.07 Å². The Morgan fingerprint density at radius 3 is 2.92 bits per heavy atom. The first-order valence-electron chi connectivity index (χ1n) is 7.95. The molecule has 4 aromatic rings. The van der Waals surface area contributed by atoms with E-state index >= 15 is 0 Å². The molecule has 0 saturated heterocycles. The van der Waals surface area contributed by atoms with Crippen LogP contribution in [0.4, 0.5) is 5.82 Å². The molecule has 0 aliphatic heterocycles. The standard InChI is InChI=1S/C18H16N6O2/c1-11-7-13-12(9-20-11)8-16(18(19)23-13)26-10-14-15(3-4-17(25)22-14)24-6-2-5-21-24/h2-9H,10H2,1H3,(H2,19,23)(H,22,25). The molecule has 0 amide bonds. The number of aromatic hydroxyl groups is 1.